The van der Waals surface area contributed by atoms with E-state index in [9.17, 15) is 4.79 Å². The number of hydrogen-bond donors (Lipinski definition) is 2. The van der Waals surface area contributed by atoms with E-state index < -0.39 is 0 Å². The van der Waals surface area contributed by atoms with Crippen LogP contribution < -0.4 is 5.32 Å². The molecule has 2 N–H and O–H groups in total. The van der Waals surface area contributed by atoms with E-state index in [1.54, 1.807) is 10.9 Å². The molecule has 2 heterocycles. The fourth-order valence-corrected chi connectivity index (χ4v) is 3.70. The molecule has 0 radical (unpaired) electrons. The van der Waals surface area contributed by atoms with Crippen molar-refractivity contribution in [3.63, 3.8) is 0 Å². The van der Waals surface area contributed by atoms with Crippen molar-refractivity contribution in [3.8, 4) is 0 Å². The zero-order chi connectivity index (χ0) is 17.2. The lowest BCUT2D eigenvalue weighted by Gasteiger charge is -2.13. The van der Waals surface area contributed by atoms with Gasteiger partial charge in [0.1, 0.15) is 0 Å². The number of aryl methyl sites for hydroxylation is 2. The van der Waals surface area contributed by atoms with E-state index in [0.717, 1.165) is 18.4 Å². The molecule has 1 aliphatic carbocycles. The first-order valence-electron chi connectivity index (χ1n) is 9.08. The Bertz CT molecular complexity index is 879. The maximum absolute atomic E-state index is 12.3. The van der Waals surface area contributed by atoms with Crippen molar-refractivity contribution in [2.45, 2.75) is 45.7 Å². The van der Waals surface area contributed by atoms with Crippen LogP contribution in [-0.4, -0.2) is 20.7 Å². The fourth-order valence-electron chi connectivity index (χ4n) is 3.70. The number of aromatic amines is 1. The lowest BCUT2D eigenvalue weighted by molar-refractivity contribution is -0.125. The van der Waals surface area contributed by atoms with Gasteiger partial charge in [-0.25, -0.2) is 0 Å². The van der Waals surface area contributed by atoms with Crippen LogP contribution in [0.25, 0.3) is 10.9 Å². The molecule has 3 aromatic rings. The summed E-state index contributed by atoms with van der Waals surface area (Å²) in [6.45, 7) is 3.10. The lowest BCUT2D eigenvalue weighted by Crippen LogP contribution is -2.31. The minimum atomic E-state index is -0.108. The minimum absolute atomic E-state index is 0.0618. The molecule has 1 atom stereocenters. The first kappa shape index (κ1) is 15.9. The van der Waals surface area contributed by atoms with Crippen LogP contribution in [0.2, 0.25) is 0 Å². The number of nitrogens with zero attached hydrogens (tertiary/aromatic N) is 2. The Hall–Kier alpha value is -2.56. The molecule has 0 spiro atoms. The topological polar surface area (TPSA) is 62.7 Å². The monoisotopic (exact) mass is 336 g/mol. The van der Waals surface area contributed by atoms with Gasteiger partial charge in [-0.15, -0.1) is 0 Å². The molecule has 0 saturated carbocycles. The van der Waals surface area contributed by atoms with Crippen molar-refractivity contribution in [1.82, 2.24) is 20.1 Å². The average molecular weight is 336 g/mol. The largest absolute Gasteiger partial charge is 0.358 e. The van der Waals surface area contributed by atoms with E-state index in [1.807, 2.05) is 19.2 Å². The van der Waals surface area contributed by atoms with Crippen LogP contribution in [0.15, 0.2) is 36.7 Å². The Kier molecular flexibility index (Phi) is 4.30. The molecule has 1 aromatic carbocycles. The summed E-state index contributed by atoms with van der Waals surface area (Å²) in [5.74, 6) is -0.0460. The first-order chi connectivity index (χ1) is 12.2. The Morgan fingerprint density at radius 2 is 2.24 bits per heavy atom. The molecule has 0 saturated heterocycles. The van der Waals surface area contributed by atoms with Crippen LogP contribution in [0, 0.1) is 5.92 Å². The van der Waals surface area contributed by atoms with Gasteiger partial charge in [0.05, 0.1) is 12.5 Å². The SMILES string of the molecule is C[C@H](Cn1cccn1)C(=O)NCc1ccc2[nH]c3c(c2c1)CCCC3. The number of amides is 1. The van der Waals surface area contributed by atoms with Gasteiger partial charge >= 0.3 is 0 Å². The second kappa shape index (κ2) is 6.75. The minimum Gasteiger partial charge on any atom is -0.358 e. The number of carbonyl (C=O) groups excluding carboxylic acids is 1. The van der Waals surface area contributed by atoms with Crippen LogP contribution in [0.3, 0.4) is 0 Å². The third-order valence-electron chi connectivity index (χ3n) is 5.10. The molecule has 130 valence electrons. The van der Waals surface area contributed by atoms with Gasteiger partial charge in [-0.3, -0.25) is 9.48 Å². The molecule has 25 heavy (non-hydrogen) atoms. The molecule has 0 bridgehead atoms. The molecule has 1 aliphatic rings. The van der Waals surface area contributed by atoms with Crippen LogP contribution in [0.1, 0.15) is 36.6 Å². The Labute approximate surface area is 147 Å². The number of H-pyrrole nitrogens is 1. The predicted octanol–water partition coefficient (Wildman–Crippen LogP) is 3.20. The zero-order valence-electron chi connectivity index (χ0n) is 14.6. The van der Waals surface area contributed by atoms with Crippen LogP contribution in [-0.2, 0) is 30.7 Å². The number of fused-ring (bicyclic) bond motifs is 3. The molecule has 0 aliphatic heterocycles. The molecule has 4 rings (SSSR count). The highest BCUT2D eigenvalue weighted by Crippen LogP contribution is 2.29. The van der Waals surface area contributed by atoms with Gasteiger partial charge in [0.15, 0.2) is 0 Å². The summed E-state index contributed by atoms with van der Waals surface area (Å²) in [4.78, 5) is 15.9. The van der Waals surface area contributed by atoms with Gasteiger partial charge in [-0.05, 0) is 55.0 Å². The number of benzene rings is 1. The highest BCUT2D eigenvalue weighted by molar-refractivity contribution is 5.86. The molecule has 2 aromatic heterocycles. The van der Waals surface area contributed by atoms with Crippen LogP contribution in [0.5, 0.6) is 0 Å². The van der Waals surface area contributed by atoms with Crippen LogP contribution >= 0.6 is 0 Å². The summed E-state index contributed by atoms with van der Waals surface area (Å²) in [5.41, 5.74) is 5.24. The third kappa shape index (κ3) is 3.31. The Morgan fingerprint density at radius 3 is 3.08 bits per heavy atom. The van der Waals surface area contributed by atoms with Gasteiger partial charge in [-0.1, -0.05) is 13.0 Å². The van der Waals surface area contributed by atoms with Crippen molar-refractivity contribution in [1.29, 1.82) is 0 Å². The van der Waals surface area contributed by atoms with E-state index in [2.05, 4.69) is 33.6 Å². The first-order valence-corrected chi connectivity index (χ1v) is 9.08. The van der Waals surface area contributed by atoms with Crippen molar-refractivity contribution in [2.75, 3.05) is 0 Å². The van der Waals surface area contributed by atoms with E-state index in [1.165, 1.54) is 35.0 Å². The molecule has 5 nitrogen and oxygen atoms in total. The Balaban J connectivity index is 1.43. The summed E-state index contributed by atoms with van der Waals surface area (Å²) in [7, 11) is 0. The predicted molar refractivity (Wildman–Crippen MR) is 98.2 cm³/mol. The van der Waals surface area contributed by atoms with Crippen molar-refractivity contribution in [2.24, 2.45) is 5.92 Å². The maximum Gasteiger partial charge on any atom is 0.224 e. The molecular weight excluding hydrogens is 312 g/mol. The molecule has 0 unspecified atom stereocenters. The van der Waals surface area contributed by atoms with Gasteiger partial charge in [0.2, 0.25) is 5.91 Å². The summed E-state index contributed by atoms with van der Waals surface area (Å²) in [6.07, 6.45) is 8.47. The highest BCUT2D eigenvalue weighted by atomic mass is 16.1. The zero-order valence-corrected chi connectivity index (χ0v) is 14.6. The van der Waals surface area contributed by atoms with Gasteiger partial charge in [0, 0.05) is 35.5 Å². The summed E-state index contributed by atoms with van der Waals surface area (Å²) in [6, 6.07) is 8.34. The number of hydrogen-bond acceptors (Lipinski definition) is 2. The normalized spacial score (nSPS) is 15.1. The van der Waals surface area contributed by atoms with Gasteiger partial charge in [0.25, 0.3) is 0 Å². The second-order valence-electron chi connectivity index (χ2n) is 7.02. The van der Waals surface area contributed by atoms with E-state index in [-0.39, 0.29) is 11.8 Å². The molecule has 5 heteroatoms. The van der Waals surface area contributed by atoms with Crippen molar-refractivity contribution >= 4 is 16.8 Å². The quantitative estimate of drug-likeness (QED) is 0.751. The van der Waals surface area contributed by atoms with Crippen molar-refractivity contribution < 1.29 is 4.79 Å². The highest BCUT2D eigenvalue weighted by Gasteiger charge is 2.16. The lowest BCUT2D eigenvalue weighted by atomic mass is 9.95. The number of rotatable bonds is 5. The van der Waals surface area contributed by atoms with E-state index >= 15 is 0 Å². The standard InChI is InChI=1S/C20H24N4O/c1-14(13-24-10-4-9-22-24)20(25)21-12-15-7-8-19-17(11-15)16-5-2-3-6-18(16)23-19/h4,7-11,14,23H,2-3,5-6,12-13H2,1H3,(H,21,25)/t14-/m1/s1. The van der Waals surface area contributed by atoms with Gasteiger partial charge < -0.3 is 10.3 Å². The summed E-state index contributed by atoms with van der Waals surface area (Å²) < 4.78 is 1.79. The maximum atomic E-state index is 12.3. The smallest absolute Gasteiger partial charge is 0.224 e. The second-order valence-corrected chi connectivity index (χ2v) is 7.02. The van der Waals surface area contributed by atoms with Gasteiger partial charge in [-0.2, -0.15) is 5.10 Å². The fraction of sp³-hybridized carbons (Fsp3) is 0.400. The van der Waals surface area contributed by atoms with Crippen LogP contribution in [0.4, 0.5) is 0 Å². The number of carbonyl (C=O) groups is 1. The third-order valence-corrected chi connectivity index (χ3v) is 5.10. The summed E-state index contributed by atoms with van der Waals surface area (Å²) >= 11 is 0. The van der Waals surface area contributed by atoms with Crippen molar-refractivity contribution in [3.05, 3.63) is 53.5 Å². The average Bonchev–Trinajstić information content (AvgIpc) is 3.26. The van der Waals surface area contributed by atoms with E-state index in [4.69, 9.17) is 0 Å². The molecule has 1 amide bonds. The van der Waals surface area contributed by atoms with E-state index in [0.29, 0.717) is 13.1 Å². The molecular formula is C20H24N4O. The Morgan fingerprint density at radius 1 is 1.36 bits per heavy atom. The summed E-state index contributed by atoms with van der Waals surface area (Å²) in [5, 5.41) is 8.54. The molecule has 0 fully saturated rings. The number of aromatic nitrogens is 3. The number of nitrogens with one attached hydrogen (secondary N) is 2.